The van der Waals surface area contributed by atoms with E-state index in [1.165, 1.54) is 13.3 Å². The van der Waals surface area contributed by atoms with Gasteiger partial charge in [-0.15, -0.1) is 9.61 Å². The molecule has 2 aliphatic rings. The van der Waals surface area contributed by atoms with Gasteiger partial charge in [-0.1, -0.05) is 54.6 Å². The molecule has 2 fully saturated rings. The van der Waals surface area contributed by atoms with Gasteiger partial charge in [0.25, 0.3) is 11.8 Å². The van der Waals surface area contributed by atoms with E-state index in [1.807, 2.05) is 158 Å². The summed E-state index contributed by atoms with van der Waals surface area (Å²) in [5.41, 5.74) is 8.81. The van der Waals surface area contributed by atoms with E-state index in [0.717, 1.165) is 78.3 Å². The maximum atomic E-state index is 14.3. The van der Waals surface area contributed by atoms with Gasteiger partial charge >= 0.3 is 5.95 Å². The van der Waals surface area contributed by atoms with Crippen molar-refractivity contribution in [2.45, 2.75) is 45.1 Å². The molecule has 0 radical (unpaired) electrons. The Morgan fingerprint density at radius 2 is 1.19 bits per heavy atom. The lowest BCUT2D eigenvalue weighted by molar-refractivity contribution is -0.687. The number of anilines is 5. The van der Waals surface area contributed by atoms with Gasteiger partial charge in [0.1, 0.15) is 5.69 Å². The zero-order chi connectivity index (χ0) is 43.6. The molecule has 3 N–H and O–H groups in total. The highest BCUT2D eigenvalue weighted by Crippen LogP contribution is 2.29. The number of hydrogen-bond donors (Lipinski definition) is 3. The number of para-hydroxylation sites is 1. The highest BCUT2D eigenvalue weighted by Gasteiger charge is 2.33. The highest BCUT2D eigenvalue weighted by molar-refractivity contribution is 5.95. The van der Waals surface area contributed by atoms with Crippen LogP contribution in [0.1, 0.15) is 65.8 Å². The van der Waals surface area contributed by atoms with E-state index in [2.05, 4.69) is 25.5 Å². The number of nitrogens with zero attached hydrogens (tertiary/aromatic N) is 8. The summed E-state index contributed by atoms with van der Waals surface area (Å²) in [7, 11) is 0. The Balaban J connectivity index is 0.927. The molecule has 6 heterocycles. The molecule has 8 aromatic rings. The Morgan fingerprint density at radius 1 is 0.578 bits per heavy atom. The fourth-order valence-corrected chi connectivity index (χ4v) is 8.87. The lowest BCUT2D eigenvalue weighted by Gasteiger charge is -2.32. The Labute approximate surface area is 370 Å². The number of amides is 3. The summed E-state index contributed by atoms with van der Waals surface area (Å²) in [4.78, 5) is 47.9. The number of benzene rings is 4. The summed E-state index contributed by atoms with van der Waals surface area (Å²) < 4.78 is 5.94. The minimum atomic E-state index is -0.141. The monoisotopic (exact) mass is 850 g/mol. The molecular weight excluding hydrogens is 803 g/mol. The van der Waals surface area contributed by atoms with E-state index in [1.54, 1.807) is 0 Å². The van der Waals surface area contributed by atoms with Crippen LogP contribution < -0.4 is 20.5 Å². The summed E-state index contributed by atoms with van der Waals surface area (Å²) in [6.45, 7) is 4.19. The van der Waals surface area contributed by atoms with Crippen molar-refractivity contribution in [3.05, 3.63) is 151 Å². The molecule has 0 saturated carbocycles. The molecule has 10 rings (SSSR count). The third-order valence-corrected chi connectivity index (χ3v) is 12.0. The smallest absolute Gasteiger partial charge is 0.339 e. The number of aromatic nitrogens is 6. The van der Waals surface area contributed by atoms with E-state index >= 15 is 0 Å². The number of rotatable bonds is 10. The fourth-order valence-electron chi connectivity index (χ4n) is 8.87. The molecule has 320 valence electrons. The molecule has 4 aromatic heterocycles. The summed E-state index contributed by atoms with van der Waals surface area (Å²) in [5, 5.41) is 19.6. The molecule has 4 aromatic carbocycles. The van der Waals surface area contributed by atoms with Crippen LogP contribution in [0.4, 0.5) is 29.0 Å². The van der Waals surface area contributed by atoms with Gasteiger partial charge in [-0.25, -0.2) is 9.08 Å². The van der Waals surface area contributed by atoms with E-state index in [-0.39, 0.29) is 23.8 Å². The molecule has 2 aliphatic heterocycles. The zero-order valence-electron chi connectivity index (χ0n) is 35.5. The average molecular weight is 851 g/mol. The van der Waals surface area contributed by atoms with Crippen molar-refractivity contribution < 1.29 is 19.0 Å². The largest absolute Gasteiger partial charge is 0.383 e. The number of carbonyl (C=O) groups excluding carboxylic acids is 3. The van der Waals surface area contributed by atoms with Crippen LogP contribution in [0.2, 0.25) is 0 Å². The Hall–Kier alpha value is -7.87. The number of likely N-dealkylation sites (tertiary alicyclic amines) is 2. The highest BCUT2D eigenvalue weighted by atomic mass is 16.2. The maximum absolute atomic E-state index is 14.3. The second kappa shape index (κ2) is 17.5. The molecule has 0 aliphatic carbocycles. The predicted molar refractivity (Wildman–Crippen MR) is 247 cm³/mol. The second-order valence-electron chi connectivity index (χ2n) is 16.4. The molecule has 2 saturated heterocycles. The van der Waals surface area contributed by atoms with Crippen molar-refractivity contribution >= 4 is 58.0 Å². The quantitative estimate of drug-likeness (QED) is 0.116. The van der Waals surface area contributed by atoms with Crippen LogP contribution in [0, 0.1) is 0 Å². The maximum Gasteiger partial charge on any atom is 0.383 e. The van der Waals surface area contributed by atoms with Crippen LogP contribution >= 0.6 is 0 Å². The topological polar surface area (TPSA) is 145 Å². The summed E-state index contributed by atoms with van der Waals surface area (Å²) in [6, 6.07) is 44.7. The molecule has 1 unspecified atom stereocenters. The molecule has 0 bridgehead atoms. The van der Waals surface area contributed by atoms with Gasteiger partial charge in [-0.2, -0.15) is 4.98 Å². The first-order valence-electron chi connectivity index (χ1n) is 21.9. The van der Waals surface area contributed by atoms with Gasteiger partial charge in [0.15, 0.2) is 5.65 Å². The van der Waals surface area contributed by atoms with Crippen LogP contribution in [0.15, 0.2) is 140 Å². The van der Waals surface area contributed by atoms with Gasteiger partial charge in [0.05, 0.1) is 24.0 Å². The Bertz CT molecular complexity index is 2980. The number of carbonyl (C=O) groups is 3. The lowest BCUT2D eigenvalue weighted by atomic mass is 10.0. The normalized spacial score (nSPS) is 15.3. The molecule has 14 nitrogen and oxygen atoms in total. The number of piperidine rings is 2. The average Bonchev–Trinajstić information content (AvgIpc) is 3.93. The number of fused-ring (bicyclic) bond motifs is 2. The van der Waals surface area contributed by atoms with Crippen molar-refractivity contribution in [1.29, 1.82) is 0 Å². The SMILES string of the molecule is CC(=O)Nc1ccc(Nc2nn3c(-c4ccc(C(=O)N5CCCCC5)cc4)cccc3[n+]2C2CCCN(C(=O)c3ccc(-c4cccc5nc(Nc6ccccc6)nn45)cc3)C2)cc1. The van der Waals surface area contributed by atoms with Crippen LogP contribution in [0.5, 0.6) is 0 Å². The second-order valence-corrected chi connectivity index (χ2v) is 16.4. The third-order valence-electron chi connectivity index (χ3n) is 12.0. The molecule has 3 amide bonds. The fraction of sp³-hybridized carbons (Fsp3) is 0.220. The predicted octanol–water partition coefficient (Wildman–Crippen LogP) is 8.55. The first-order valence-corrected chi connectivity index (χ1v) is 21.9. The van der Waals surface area contributed by atoms with Crippen molar-refractivity contribution in [3.8, 4) is 22.5 Å². The van der Waals surface area contributed by atoms with E-state index in [4.69, 9.17) is 10.2 Å². The van der Waals surface area contributed by atoms with E-state index in [0.29, 0.717) is 47.4 Å². The number of pyridine rings is 2. The van der Waals surface area contributed by atoms with Crippen molar-refractivity contribution in [2.75, 3.05) is 42.1 Å². The van der Waals surface area contributed by atoms with Crippen molar-refractivity contribution in [2.24, 2.45) is 0 Å². The minimum Gasteiger partial charge on any atom is -0.339 e. The third kappa shape index (κ3) is 8.25. The lowest BCUT2D eigenvalue weighted by Crippen LogP contribution is -2.51. The van der Waals surface area contributed by atoms with Crippen LogP contribution in [-0.4, -0.2) is 77.9 Å². The van der Waals surface area contributed by atoms with Gasteiger partial charge in [-0.05, 0) is 111 Å². The minimum absolute atomic E-state index is 0.0374. The first-order chi connectivity index (χ1) is 31.3. The van der Waals surface area contributed by atoms with E-state index < -0.39 is 0 Å². The zero-order valence-corrected chi connectivity index (χ0v) is 35.5. The Kier molecular flexibility index (Phi) is 11.0. The van der Waals surface area contributed by atoms with Crippen LogP contribution in [-0.2, 0) is 4.79 Å². The summed E-state index contributed by atoms with van der Waals surface area (Å²) in [5.74, 6) is 1.01. The molecule has 0 spiro atoms. The molecule has 14 heteroatoms. The van der Waals surface area contributed by atoms with Gasteiger partial charge in [0, 0.05) is 71.4 Å². The first kappa shape index (κ1) is 40.2. The standard InChI is InChI=1S/C50H47N11O3/c1-34(62)51-40-26-28-41(29-27-40)53-50-56-61-44(36-20-22-37(23-21-36)47(63)57-30-6-3-7-31-57)15-9-17-46(61)59(50)42-13-10-32-58(33-42)48(64)38-24-18-35(19-25-38)43-14-8-16-45-54-49(55-60(43)45)52-39-11-4-2-5-12-39/h2,4-5,8-9,11-12,14-29,42H,3,6-7,10,13,30-33H2,1H3,(H2,52,55,63)/p+1. The number of nitrogens with one attached hydrogen (secondary N) is 3. The molecule has 1 atom stereocenters. The molecular formula is C50H48N11O3+. The van der Waals surface area contributed by atoms with Gasteiger partial charge in [-0.3, -0.25) is 19.7 Å². The number of hydrogen-bond acceptors (Lipinski definition) is 8. The van der Waals surface area contributed by atoms with Crippen LogP contribution in [0.25, 0.3) is 33.8 Å². The summed E-state index contributed by atoms with van der Waals surface area (Å²) in [6.07, 6.45) is 4.90. The van der Waals surface area contributed by atoms with Crippen molar-refractivity contribution in [3.63, 3.8) is 0 Å². The van der Waals surface area contributed by atoms with Crippen molar-refractivity contribution in [1.82, 2.24) is 34.0 Å². The van der Waals surface area contributed by atoms with Gasteiger partial charge in [0.2, 0.25) is 17.5 Å². The molecule has 64 heavy (non-hydrogen) atoms. The summed E-state index contributed by atoms with van der Waals surface area (Å²) >= 11 is 0. The van der Waals surface area contributed by atoms with Crippen LogP contribution in [0.3, 0.4) is 0 Å². The van der Waals surface area contributed by atoms with Gasteiger partial charge < -0.3 is 20.4 Å². The Morgan fingerprint density at radius 3 is 1.88 bits per heavy atom. The van der Waals surface area contributed by atoms with E-state index in [9.17, 15) is 14.4 Å².